The number of rotatable bonds is 8. The van der Waals surface area contributed by atoms with Crippen LogP contribution < -0.4 is 0 Å². The lowest BCUT2D eigenvalue weighted by molar-refractivity contribution is -0.145. The fourth-order valence-electron chi connectivity index (χ4n) is 3.15. The van der Waals surface area contributed by atoms with Gasteiger partial charge in [0.25, 0.3) is 0 Å². The third-order valence-electron chi connectivity index (χ3n) is 4.34. The van der Waals surface area contributed by atoms with Gasteiger partial charge >= 0.3 is 5.97 Å². The lowest BCUT2D eigenvalue weighted by Gasteiger charge is -2.15. The normalized spacial score (nSPS) is 12.2. The van der Waals surface area contributed by atoms with Crippen LogP contribution in [-0.4, -0.2) is 24.4 Å². The SMILES string of the molecule is C=CC(=O)OC(C)COCc1c2ccccc2cc2ccc(SCC)cc12. The van der Waals surface area contributed by atoms with E-state index in [1.165, 1.54) is 38.1 Å². The summed E-state index contributed by atoms with van der Waals surface area (Å²) in [6, 6.07) is 17.2. The molecule has 3 rings (SSSR count). The van der Waals surface area contributed by atoms with Gasteiger partial charge in [0.1, 0.15) is 6.10 Å². The maximum absolute atomic E-state index is 11.3. The van der Waals surface area contributed by atoms with Crippen molar-refractivity contribution in [2.75, 3.05) is 12.4 Å². The summed E-state index contributed by atoms with van der Waals surface area (Å²) in [5.74, 6) is 0.611. The van der Waals surface area contributed by atoms with Crippen molar-refractivity contribution in [3.05, 3.63) is 66.7 Å². The van der Waals surface area contributed by atoms with E-state index in [4.69, 9.17) is 9.47 Å². The Morgan fingerprint density at radius 3 is 2.70 bits per heavy atom. The van der Waals surface area contributed by atoms with Crippen molar-refractivity contribution >= 4 is 39.3 Å². The monoisotopic (exact) mass is 380 g/mol. The van der Waals surface area contributed by atoms with Crippen LogP contribution in [0.15, 0.2) is 66.1 Å². The third-order valence-corrected chi connectivity index (χ3v) is 5.22. The molecule has 140 valence electrons. The molecular weight excluding hydrogens is 356 g/mol. The first-order chi connectivity index (χ1) is 13.1. The van der Waals surface area contributed by atoms with E-state index in [2.05, 4.69) is 62.0 Å². The zero-order valence-electron chi connectivity index (χ0n) is 15.7. The molecular formula is C23H24O3S. The van der Waals surface area contributed by atoms with Gasteiger partial charge in [0.05, 0.1) is 13.2 Å². The molecule has 3 aromatic rings. The van der Waals surface area contributed by atoms with Crippen molar-refractivity contribution < 1.29 is 14.3 Å². The number of hydrogen-bond acceptors (Lipinski definition) is 4. The van der Waals surface area contributed by atoms with Crippen molar-refractivity contribution in [3.8, 4) is 0 Å². The number of benzene rings is 3. The number of thioether (sulfide) groups is 1. The number of ether oxygens (including phenoxy) is 2. The molecule has 0 aliphatic heterocycles. The maximum Gasteiger partial charge on any atom is 0.330 e. The summed E-state index contributed by atoms with van der Waals surface area (Å²) in [5.41, 5.74) is 1.17. The Labute approximate surface area is 164 Å². The summed E-state index contributed by atoms with van der Waals surface area (Å²) in [5, 5.41) is 4.81. The average molecular weight is 381 g/mol. The number of carbonyl (C=O) groups excluding carboxylic acids is 1. The smallest absolute Gasteiger partial charge is 0.330 e. The molecule has 0 aromatic heterocycles. The predicted molar refractivity (Wildman–Crippen MR) is 113 cm³/mol. The lowest BCUT2D eigenvalue weighted by Crippen LogP contribution is -2.19. The van der Waals surface area contributed by atoms with Crippen LogP contribution in [0.1, 0.15) is 19.4 Å². The Hall–Kier alpha value is -2.30. The molecule has 0 radical (unpaired) electrons. The number of fused-ring (bicyclic) bond motifs is 2. The Balaban J connectivity index is 1.91. The largest absolute Gasteiger partial charge is 0.457 e. The maximum atomic E-state index is 11.3. The molecule has 0 N–H and O–H groups in total. The molecule has 1 atom stereocenters. The Morgan fingerprint density at radius 1 is 1.15 bits per heavy atom. The third kappa shape index (κ3) is 4.71. The summed E-state index contributed by atoms with van der Waals surface area (Å²) in [6.45, 7) is 8.20. The fourth-order valence-corrected chi connectivity index (χ4v) is 3.85. The van der Waals surface area contributed by atoms with E-state index in [-0.39, 0.29) is 6.10 Å². The minimum atomic E-state index is -0.428. The van der Waals surface area contributed by atoms with Crippen LogP contribution in [0.2, 0.25) is 0 Å². The molecule has 0 aliphatic rings. The molecule has 0 aliphatic carbocycles. The first kappa shape index (κ1) is 19.5. The second-order valence-corrected chi connectivity index (χ2v) is 7.70. The van der Waals surface area contributed by atoms with Crippen LogP contribution in [-0.2, 0) is 20.9 Å². The Morgan fingerprint density at radius 2 is 1.93 bits per heavy atom. The second kappa shape index (κ2) is 9.07. The highest BCUT2D eigenvalue weighted by Gasteiger charge is 2.11. The highest BCUT2D eigenvalue weighted by molar-refractivity contribution is 7.99. The number of esters is 1. The van der Waals surface area contributed by atoms with Crippen LogP contribution >= 0.6 is 11.8 Å². The molecule has 0 amide bonds. The van der Waals surface area contributed by atoms with Gasteiger partial charge < -0.3 is 9.47 Å². The van der Waals surface area contributed by atoms with Crippen molar-refractivity contribution in [1.29, 1.82) is 0 Å². The van der Waals surface area contributed by atoms with Crippen LogP contribution in [0, 0.1) is 0 Å². The minimum Gasteiger partial charge on any atom is -0.457 e. The molecule has 27 heavy (non-hydrogen) atoms. The number of carbonyl (C=O) groups is 1. The van der Waals surface area contributed by atoms with Gasteiger partial charge in [-0.25, -0.2) is 4.79 Å². The van der Waals surface area contributed by atoms with Gasteiger partial charge in [-0.1, -0.05) is 43.8 Å². The Bertz CT molecular complexity index is 964. The minimum absolute atomic E-state index is 0.317. The standard InChI is InChI=1S/C23H24O3S/c1-4-23(24)26-16(3)14-25-15-22-20-9-7-6-8-17(20)12-18-10-11-19(27-5-2)13-21(18)22/h4,6-13,16H,1,5,14-15H2,2-3H3. The second-order valence-electron chi connectivity index (χ2n) is 6.36. The van der Waals surface area contributed by atoms with Gasteiger partial charge in [-0.3, -0.25) is 0 Å². The van der Waals surface area contributed by atoms with E-state index >= 15 is 0 Å². The van der Waals surface area contributed by atoms with Crippen molar-refractivity contribution in [1.82, 2.24) is 0 Å². The summed E-state index contributed by atoms with van der Waals surface area (Å²) >= 11 is 1.83. The van der Waals surface area contributed by atoms with Gasteiger partial charge in [-0.15, -0.1) is 11.8 Å². The van der Waals surface area contributed by atoms with Gasteiger partial charge in [0, 0.05) is 11.0 Å². The predicted octanol–water partition coefficient (Wildman–Crippen LogP) is 5.74. The topological polar surface area (TPSA) is 35.5 Å². The van der Waals surface area contributed by atoms with Crippen molar-refractivity contribution in [2.45, 2.75) is 31.5 Å². The van der Waals surface area contributed by atoms with Crippen molar-refractivity contribution in [3.63, 3.8) is 0 Å². The van der Waals surface area contributed by atoms with Crippen LogP contribution in [0.3, 0.4) is 0 Å². The molecule has 0 heterocycles. The van der Waals surface area contributed by atoms with E-state index in [9.17, 15) is 4.79 Å². The highest BCUT2D eigenvalue weighted by Crippen LogP contribution is 2.32. The van der Waals surface area contributed by atoms with Crippen LogP contribution in [0.5, 0.6) is 0 Å². The summed E-state index contributed by atoms with van der Waals surface area (Å²) in [6.07, 6.45) is 0.852. The highest BCUT2D eigenvalue weighted by atomic mass is 32.2. The first-order valence-electron chi connectivity index (χ1n) is 9.10. The fraction of sp³-hybridized carbons (Fsp3) is 0.261. The molecule has 3 aromatic carbocycles. The molecule has 4 heteroatoms. The van der Waals surface area contributed by atoms with Crippen molar-refractivity contribution in [2.24, 2.45) is 0 Å². The zero-order valence-corrected chi connectivity index (χ0v) is 16.6. The van der Waals surface area contributed by atoms with E-state index in [0.717, 1.165) is 5.75 Å². The van der Waals surface area contributed by atoms with E-state index in [1.54, 1.807) is 0 Å². The quantitative estimate of drug-likeness (QED) is 0.216. The molecule has 0 fully saturated rings. The van der Waals surface area contributed by atoms with Gasteiger partial charge in [-0.2, -0.15) is 0 Å². The van der Waals surface area contributed by atoms with Gasteiger partial charge in [0.15, 0.2) is 0 Å². The average Bonchev–Trinajstić information content (AvgIpc) is 2.67. The molecule has 0 bridgehead atoms. The van der Waals surface area contributed by atoms with Crippen LogP contribution in [0.25, 0.3) is 21.5 Å². The van der Waals surface area contributed by atoms with E-state index in [1.807, 2.05) is 18.7 Å². The molecule has 0 saturated heterocycles. The molecule has 1 unspecified atom stereocenters. The van der Waals surface area contributed by atoms with Gasteiger partial charge in [0.2, 0.25) is 0 Å². The number of hydrogen-bond donors (Lipinski definition) is 0. The first-order valence-corrected chi connectivity index (χ1v) is 10.1. The van der Waals surface area contributed by atoms with E-state index in [0.29, 0.717) is 13.2 Å². The Kier molecular flexibility index (Phi) is 6.54. The molecule has 0 spiro atoms. The summed E-state index contributed by atoms with van der Waals surface area (Å²) in [7, 11) is 0. The lowest BCUT2D eigenvalue weighted by atomic mass is 9.97. The molecule has 3 nitrogen and oxygen atoms in total. The summed E-state index contributed by atoms with van der Waals surface area (Å²) < 4.78 is 11.1. The van der Waals surface area contributed by atoms with Gasteiger partial charge in [-0.05, 0) is 58.0 Å². The van der Waals surface area contributed by atoms with Crippen LogP contribution in [0.4, 0.5) is 0 Å². The van der Waals surface area contributed by atoms with E-state index < -0.39 is 5.97 Å². The summed E-state index contributed by atoms with van der Waals surface area (Å²) in [4.78, 5) is 12.6. The molecule has 0 saturated carbocycles. The zero-order chi connectivity index (χ0) is 19.2.